The topological polar surface area (TPSA) is 41.6 Å². The average molecular weight is 329 g/mol. The second-order valence-electron chi connectivity index (χ2n) is 5.53. The van der Waals surface area contributed by atoms with Gasteiger partial charge in [-0.05, 0) is 54.7 Å². The molecule has 4 nitrogen and oxygen atoms in total. The van der Waals surface area contributed by atoms with E-state index in [9.17, 15) is 4.79 Å². The van der Waals surface area contributed by atoms with Gasteiger partial charge in [-0.15, -0.1) is 0 Å². The van der Waals surface area contributed by atoms with Gasteiger partial charge in [0, 0.05) is 12.6 Å². The van der Waals surface area contributed by atoms with Gasteiger partial charge in [-0.1, -0.05) is 0 Å². The van der Waals surface area contributed by atoms with Crippen molar-refractivity contribution in [3.63, 3.8) is 0 Å². The Balaban J connectivity index is 1.91. The second-order valence-corrected chi connectivity index (χ2v) is 7.29. The average Bonchev–Trinajstić information content (AvgIpc) is 2.98. The van der Waals surface area contributed by atoms with Crippen LogP contribution in [-0.2, 0) is 4.74 Å². The summed E-state index contributed by atoms with van der Waals surface area (Å²) in [7, 11) is 0. The van der Waals surface area contributed by atoms with E-state index in [0.29, 0.717) is 13.1 Å². The molecular weight excluding hydrogens is 304 g/mol. The van der Waals surface area contributed by atoms with Crippen molar-refractivity contribution in [2.75, 3.05) is 25.1 Å². The summed E-state index contributed by atoms with van der Waals surface area (Å²) in [4.78, 5) is 14.3. The van der Waals surface area contributed by atoms with E-state index in [1.165, 1.54) is 5.56 Å². The number of urea groups is 1. The quantitative estimate of drug-likeness (QED) is 0.901. The number of thioether (sulfide) groups is 1. The van der Waals surface area contributed by atoms with Gasteiger partial charge in [-0.25, -0.2) is 4.79 Å². The number of hydrogen-bond acceptors (Lipinski definition) is 4. The van der Waals surface area contributed by atoms with Crippen LogP contribution in [0.1, 0.15) is 31.9 Å². The van der Waals surface area contributed by atoms with E-state index >= 15 is 0 Å². The molecule has 1 fully saturated rings. The smallest absolute Gasteiger partial charge is 0.317 e. The van der Waals surface area contributed by atoms with Crippen LogP contribution in [0.5, 0.6) is 0 Å². The highest BCUT2D eigenvalue weighted by molar-refractivity contribution is 7.98. The van der Waals surface area contributed by atoms with Gasteiger partial charge < -0.3 is 15.0 Å². The van der Waals surface area contributed by atoms with E-state index in [0.717, 1.165) is 12.2 Å². The fourth-order valence-electron chi connectivity index (χ4n) is 2.43. The first-order chi connectivity index (χ1) is 10.1. The Labute approximate surface area is 135 Å². The SMILES string of the molecule is CSCC[C@H](C)NC(=O)N1C[C@@H](C)O[C@@H](c2ccsc2)C1. The first-order valence-corrected chi connectivity index (χ1v) is 9.65. The number of nitrogens with zero attached hydrogens (tertiary/aromatic N) is 1. The largest absolute Gasteiger partial charge is 0.367 e. The molecular formula is C15H24N2O2S2. The molecule has 0 radical (unpaired) electrons. The van der Waals surface area contributed by atoms with Crippen molar-refractivity contribution in [2.45, 2.75) is 38.5 Å². The minimum absolute atomic E-state index is 0.00717. The lowest BCUT2D eigenvalue weighted by molar-refractivity contribution is -0.0656. The minimum atomic E-state index is -0.00717. The highest BCUT2D eigenvalue weighted by atomic mass is 32.2. The standard InChI is InChI=1S/C15H24N2O2S2/c1-11(4-6-20-3)16-15(18)17-8-12(2)19-14(9-17)13-5-7-21-10-13/h5,7,10-12,14H,4,6,8-9H2,1-3H3,(H,16,18)/t11-,12+,14+/m0/s1. The summed E-state index contributed by atoms with van der Waals surface area (Å²) in [6.45, 7) is 5.37. The van der Waals surface area contributed by atoms with E-state index in [-0.39, 0.29) is 24.3 Å². The molecule has 2 amide bonds. The molecule has 1 aliphatic rings. The van der Waals surface area contributed by atoms with Crippen LogP contribution in [0.4, 0.5) is 4.79 Å². The second kappa shape index (κ2) is 8.06. The summed E-state index contributed by atoms with van der Waals surface area (Å²) >= 11 is 3.47. The molecule has 1 aromatic heterocycles. The monoisotopic (exact) mass is 328 g/mol. The lowest BCUT2D eigenvalue weighted by Gasteiger charge is -2.37. The third-order valence-electron chi connectivity index (χ3n) is 3.59. The molecule has 2 heterocycles. The maximum Gasteiger partial charge on any atom is 0.317 e. The number of morpholine rings is 1. The van der Waals surface area contributed by atoms with Gasteiger partial charge in [-0.3, -0.25) is 0 Å². The Morgan fingerprint density at radius 3 is 3.10 bits per heavy atom. The van der Waals surface area contributed by atoms with Crippen LogP contribution in [0.2, 0.25) is 0 Å². The summed E-state index contributed by atoms with van der Waals surface area (Å²) in [5, 5.41) is 7.24. The summed E-state index contributed by atoms with van der Waals surface area (Å²) in [6, 6.07) is 2.31. The van der Waals surface area contributed by atoms with Crippen molar-refractivity contribution in [1.82, 2.24) is 10.2 Å². The Morgan fingerprint density at radius 1 is 1.62 bits per heavy atom. The molecule has 0 aromatic carbocycles. The molecule has 0 saturated carbocycles. The third-order valence-corrected chi connectivity index (χ3v) is 4.93. The van der Waals surface area contributed by atoms with Crippen molar-refractivity contribution >= 4 is 29.1 Å². The van der Waals surface area contributed by atoms with Crippen LogP contribution in [0.25, 0.3) is 0 Å². The Bertz CT molecular complexity index is 439. The van der Waals surface area contributed by atoms with Gasteiger partial charge in [0.2, 0.25) is 0 Å². The highest BCUT2D eigenvalue weighted by Crippen LogP contribution is 2.26. The molecule has 2 rings (SSSR count). The van der Waals surface area contributed by atoms with Crippen LogP contribution in [0, 0.1) is 0 Å². The van der Waals surface area contributed by atoms with Gasteiger partial charge in [-0.2, -0.15) is 23.1 Å². The molecule has 1 aliphatic heterocycles. The normalized spacial score (nSPS) is 23.9. The number of carbonyl (C=O) groups is 1. The summed E-state index contributed by atoms with van der Waals surface area (Å²) in [5.74, 6) is 1.07. The lowest BCUT2D eigenvalue weighted by Crippen LogP contribution is -2.51. The molecule has 1 N–H and O–H groups in total. The zero-order valence-corrected chi connectivity index (χ0v) is 14.5. The number of hydrogen-bond donors (Lipinski definition) is 1. The van der Waals surface area contributed by atoms with Crippen LogP contribution in [0.15, 0.2) is 16.8 Å². The van der Waals surface area contributed by atoms with Crippen LogP contribution >= 0.6 is 23.1 Å². The third kappa shape index (κ3) is 4.90. The van der Waals surface area contributed by atoms with E-state index in [1.54, 1.807) is 11.3 Å². The molecule has 3 atom stereocenters. The maximum atomic E-state index is 12.4. The summed E-state index contributed by atoms with van der Waals surface area (Å²) in [6.07, 6.45) is 3.15. The van der Waals surface area contributed by atoms with Gasteiger partial charge in [0.25, 0.3) is 0 Å². The van der Waals surface area contributed by atoms with Gasteiger partial charge in [0.1, 0.15) is 6.10 Å². The van der Waals surface area contributed by atoms with Crippen molar-refractivity contribution < 1.29 is 9.53 Å². The molecule has 0 bridgehead atoms. The molecule has 0 spiro atoms. The molecule has 6 heteroatoms. The van der Waals surface area contributed by atoms with Crippen LogP contribution in [-0.4, -0.2) is 48.2 Å². The Kier molecular flexibility index (Phi) is 6.39. The minimum Gasteiger partial charge on any atom is -0.367 e. The Morgan fingerprint density at radius 2 is 2.43 bits per heavy atom. The fourth-order valence-corrected chi connectivity index (χ4v) is 3.72. The zero-order chi connectivity index (χ0) is 15.2. The number of ether oxygens (including phenoxy) is 1. The van der Waals surface area contributed by atoms with E-state index in [1.807, 2.05) is 29.0 Å². The first-order valence-electron chi connectivity index (χ1n) is 7.32. The van der Waals surface area contributed by atoms with Crippen molar-refractivity contribution in [2.24, 2.45) is 0 Å². The molecule has 21 heavy (non-hydrogen) atoms. The van der Waals surface area contributed by atoms with Crippen LogP contribution in [0.3, 0.4) is 0 Å². The molecule has 118 valence electrons. The van der Waals surface area contributed by atoms with E-state index < -0.39 is 0 Å². The molecule has 1 saturated heterocycles. The molecule has 1 aromatic rings. The maximum absolute atomic E-state index is 12.4. The number of thiophene rings is 1. The predicted octanol–water partition coefficient (Wildman–Crippen LogP) is 3.36. The summed E-state index contributed by atoms with van der Waals surface area (Å²) < 4.78 is 5.96. The lowest BCUT2D eigenvalue weighted by atomic mass is 10.1. The first kappa shape index (κ1) is 16.6. The highest BCUT2D eigenvalue weighted by Gasteiger charge is 2.29. The van der Waals surface area contributed by atoms with Crippen LogP contribution < -0.4 is 5.32 Å². The van der Waals surface area contributed by atoms with Crippen molar-refractivity contribution in [1.29, 1.82) is 0 Å². The van der Waals surface area contributed by atoms with E-state index in [4.69, 9.17) is 4.74 Å². The van der Waals surface area contributed by atoms with Crippen molar-refractivity contribution in [3.8, 4) is 0 Å². The zero-order valence-electron chi connectivity index (χ0n) is 12.9. The number of rotatable bonds is 5. The van der Waals surface area contributed by atoms with Crippen molar-refractivity contribution in [3.05, 3.63) is 22.4 Å². The number of amides is 2. The van der Waals surface area contributed by atoms with Gasteiger partial charge >= 0.3 is 6.03 Å². The summed E-state index contributed by atoms with van der Waals surface area (Å²) in [5.41, 5.74) is 1.17. The molecule has 0 aliphatic carbocycles. The molecule has 0 unspecified atom stereocenters. The number of nitrogens with one attached hydrogen (secondary N) is 1. The van der Waals surface area contributed by atoms with Gasteiger partial charge in [0.15, 0.2) is 0 Å². The van der Waals surface area contributed by atoms with Gasteiger partial charge in [0.05, 0.1) is 12.6 Å². The Hall–Kier alpha value is -0.720. The fraction of sp³-hybridized carbons (Fsp3) is 0.667. The number of carbonyl (C=O) groups excluding carboxylic acids is 1. The predicted molar refractivity (Wildman–Crippen MR) is 90.2 cm³/mol. The van der Waals surface area contributed by atoms with E-state index in [2.05, 4.69) is 29.9 Å².